The minimum absolute atomic E-state index is 0.640. The molecule has 0 radical (unpaired) electrons. The monoisotopic (exact) mass is 239 g/mol. The zero-order chi connectivity index (χ0) is 10.7. The summed E-state index contributed by atoms with van der Waals surface area (Å²) in [6, 6.07) is 0. The molecule has 0 aliphatic heterocycles. The number of anilines is 1. The summed E-state index contributed by atoms with van der Waals surface area (Å²) in [5.41, 5.74) is 2.85. The number of thiazole rings is 2. The molecular weight excluding hydrogens is 226 g/mol. The highest BCUT2D eigenvalue weighted by molar-refractivity contribution is 7.15. The van der Waals surface area contributed by atoms with E-state index in [0.29, 0.717) is 5.92 Å². The van der Waals surface area contributed by atoms with Crippen LogP contribution in [-0.2, 0) is 0 Å². The van der Waals surface area contributed by atoms with E-state index in [4.69, 9.17) is 0 Å². The summed E-state index contributed by atoms with van der Waals surface area (Å²) in [6.07, 6.45) is 1.85. The first-order valence-corrected chi connectivity index (χ1v) is 6.60. The summed E-state index contributed by atoms with van der Waals surface area (Å²) in [6.45, 7) is 5.34. The molecule has 0 spiro atoms. The minimum atomic E-state index is 0.640. The lowest BCUT2D eigenvalue weighted by Crippen LogP contribution is -2.07. The molecule has 15 heavy (non-hydrogen) atoms. The van der Waals surface area contributed by atoms with E-state index >= 15 is 0 Å². The molecule has 2 heterocycles. The van der Waals surface area contributed by atoms with Crippen molar-refractivity contribution in [2.75, 3.05) is 11.9 Å². The van der Waals surface area contributed by atoms with Gasteiger partial charge in [0.25, 0.3) is 0 Å². The Morgan fingerprint density at radius 1 is 1.40 bits per heavy atom. The Kier molecular flexibility index (Phi) is 3.33. The van der Waals surface area contributed by atoms with Crippen molar-refractivity contribution < 1.29 is 0 Å². The average Bonchev–Trinajstić information content (AvgIpc) is 2.85. The van der Waals surface area contributed by atoms with Crippen molar-refractivity contribution >= 4 is 27.8 Å². The summed E-state index contributed by atoms with van der Waals surface area (Å²) in [5, 5.41) is 6.38. The van der Waals surface area contributed by atoms with Gasteiger partial charge < -0.3 is 5.32 Å². The molecule has 80 valence electrons. The van der Waals surface area contributed by atoms with Gasteiger partial charge in [-0.1, -0.05) is 13.8 Å². The van der Waals surface area contributed by atoms with Crippen molar-refractivity contribution in [1.82, 2.24) is 9.97 Å². The summed E-state index contributed by atoms with van der Waals surface area (Å²) in [4.78, 5) is 9.68. The average molecular weight is 239 g/mol. The van der Waals surface area contributed by atoms with Crippen molar-refractivity contribution in [3.05, 3.63) is 17.1 Å². The molecule has 0 amide bonds. The van der Waals surface area contributed by atoms with Crippen molar-refractivity contribution in [1.29, 1.82) is 0 Å². The van der Waals surface area contributed by atoms with Crippen molar-refractivity contribution in [2.45, 2.75) is 13.8 Å². The lowest BCUT2D eigenvalue weighted by Gasteiger charge is -2.04. The highest BCUT2D eigenvalue weighted by atomic mass is 32.1. The van der Waals surface area contributed by atoms with Gasteiger partial charge in [-0.25, -0.2) is 4.98 Å². The van der Waals surface area contributed by atoms with Gasteiger partial charge in [0.05, 0.1) is 16.1 Å². The van der Waals surface area contributed by atoms with Crippen molar-refractivity contribution in [3.8, 4) is 10.6 Å². The Bertz CT molecular complexity index is 406. The van der Waals surface area contributed by atoms with Gasteiger partial charge in [-0.05, 0) is 5.92 Å². The molecule has 3 nitrogen and oxygen atoms in total. The van der Waals surface area contributed by atoms with Crippen LogP contribution in [0.25, 0.3) is 10.6 Å². The zero-order valence-electron chi connectivity index (χ0n) is 8.73. The first kappa shape index (κ1) is 10.6. The van der Waals surface area contributed by atoms with Crippen molar-refractivity contribution in [2.24, 2.45) is 5.92 Å². The molecule has 0 saturated heterocycles. The molecule has 0 bridgehead atoms. The third-order valence-corrected chi connectivity index (χ3v) is 3.45. The van der Waals surface area contributed by atoms with Crippen LogP contribution in [0.2, 0.25) is 0 Å². The molecule has 0 aliphatic carbocycles. The normalized spacial score (nSPS) is 10.9. The number of nitrogens with one attached hydrogen (secondary N) is 1. The molecule has 5 heteroatoms. The molecule has 2 aromatic rings. The second kappa shape index (κ2) is 4.72. The van der Waals surface area contributed by atoms with Crippen LogP contribution in [0.15, 0.2) is 17.1 Å². The molecular formula is C10H13N3S2. The Balaban J connectivity index is 2.04. The zero-order valence-corrected chi connectivity index (χ0v) is 10.4. The molecule has 0 aliphatic rings. The SMILES string of the molecule is CC(C)CNc1nc(-c2cncs2)cs1. The van der Waals surface area contributed by atoms with Gasteiger partial charge in [0.15, 0.2) is 5.13 Å². The fraction of sp³-hybridized carbons (Fsp3) is 0.400. The van der Waals surface area contributed by atoms with Crippen LogP contribution in [0.3, 0.4) is 0 Å². The van der Waals surface area contributed by atoms with E-state index in [2.05, 4.69) is 34.5 Å². The first-order chi connectivity index (χ1) is 7.25. The van der Waals surface area contributed by atoms with E-state index < -0.39 is 0 Å². The van der Waals surface area contributed by atoms with Gasteiger partial charge in [0.2, 0.25) is 0 Å². The quantitative estimate of drug-likeness (QED) is 0.889. The van der Waals surface area contributed by atoms with Crippen LogP contribution in [0.4, 0.5) is 5.13 Å². The van der Waals surface area contributed by atoms with E-state index in [9.17, 15) is 0 Å². The van der Waals surface area contributed by atoms with Crippen LogP contribution < -0.4 is 5.32 Å². The third-order valence-electron chi connectivity index (χ3n) is 1.85. The summed E-state index contributed by atoms with van der Waals surface area (Å²) < 4.78 is 0. The topological polar surface area (TPSA) is 37.8 Å². The van der Waals surface area contributed by atoms with Gasteiger partial charge in [-0.2, -0.15) is 0 Å². The molecule has 0 atom stereocenters. The highest BCUT2D eigenvalue weighted by Gasteiger charge is 2.05. The lowest BCUT2D eigenvalue weighted by molar-refractivity contribution is 0.688. The molecule has 1 N–H and O–H groups in total. The maximum Gasteiger partial charge on any atom is 0.183 e. The van der Waals surface area contributed by atoms with Crippen LogP contribution in [-0.4, -0.2) is 16.5 Å². The number of hydrogen-bond donors (Lipinski definition) is 1. The fourth-order valence-electron chi connectivity index (χ4n) is 1.10. The summed E-state index contributed by atoms with van der Waals surface area (Å²) >= 11 is 3.27. The minimum Gasteiger partial charge on any atom is -0.361 e. The van der Waals surface area contributed by atoms with E-state index in [0.717, 1.165) is 22.2 Å². The smallest absolute Gasteiger partial charge is 0.183 e. The first-order valence-electron chi connectivity index (χ1n) is 4.84. The molecule has 0 unspecified atom stereocenters. The Morgan fingerprint density at radius 3 is 2.93 bits per heavy atom. The van der Waals surface area contributed by atoms with E-state index in [-0.39, 0.29) is 0 Å². The van der Waals surface area contributed by atoms with Crippen LogP contribution in [0.1, 0.15) is 13.8 Å². The predicted octanol–water partition coefficient (Wildman–Crippen LogP) is 3.33. The number of rotatable bonds is 4. The number of aromatic nitrogens is 2. The lowest BCUT2D eigenvalue weighted by atomic mass is 10.2. The van der Waals surface area contributed by atoms with Crippen molar-refractivity contribution in [3.63, 3.8) is 0 Å². The molecule has 2 aromatic heterocycles. The Hall–Kier alpha value is -0.940. The van der Waals surface area contributed by atoms with E-state index in [1.54, 1.807) is 22.7 Å². The third kappa shape index (κ3) is 2.76. The van der Waals surface area contributed by atoms with Gasteiger partial charge in [-0.3, -0.25) is 4.98 Å². The van der Waals surface area contributed by atoms with Crippen LogP contribution in [0, 0.1) is 5.92 Å². The predicted molar refractivity (Wildman–Crippen MR) is 66.5 cm³/mol. The highest BCUT2D eigenvalue weighted by Crippen LogP contribution is 2.27. The Labute approximate surface area is 97.2 Å². The molecule has 2 rings (SSSR count). The second-order valence-electron chi connectivity index (χ2n) is 3.68. The van der Waals surface area contributed by atoms with Gasteiger partial charge in [-0.15, -0.1) is 22.7 Å². The maximum atomic E-state index is 4.50. The van der Waals surface area contributed by atoms with Crippen LogP contribution in [0.5, 0.6) is 0 Å². The van der Waals surface area contributed by atoms with Gasteiger partial charge >= 0.3 is 0 Å². The van der Waals surface area contributed by atoms with E-state index in [1.165, 1.54) is 0 Å². The second-order valence-corrected chi connectivity index (χ2v) is 5.42. The largest absolute Gasteiger partial charge is 0.361 e. The Morgan fingerprint density at radius 2 is 2.27 bits per heavy atom. The fourth-order valence-corrected chi connectivity index (χ4v) is 2.48. The number of nitrogens with zero attached hydrogens (tertiary/aromatic N) is 2. The van der Waals surface area contributed by atoms with Gasteiger partial charge in [0.1, 0.15) is 0 Å². The maximum absolute atomic E-state index is 4.50. The molecule has 0 aromatic carbocycles. The molecule has 0 saturated carbocycles. The number of hydrogen-bond acceptors (Lipinski definition) is 5. The summed E-state index contributed by atoms with van der Waals surface area (Å²) in [5.74, 6) is 0.640. The molecule has 0 fully saturated rings. The van der Waals surface area contributed by atoms with E-state index in [1.807, 2.05) is 11.7 Å². The van der Waals surface area contributed by atoms with Crippen LogP contribution >= 0.6 is 22.7 Å². The van der Waals surface area contributed by atoms with Gasteiger partial charge in [0, 0.05) is 18.1 Å². The standard InChI is InChI=1S/C10H13N3S2/c1-7(2)3-12-10-13-8(5-14-10)9-4-11-6-15-9/h4-7H,3H2,1-2H3,(H,12,13). The summed E-state index contributed by atoms with van der Waals surface area (Å²) in [7, 11) is 0.